The number of hydrogen-bond acceptors (Lipinski definition) is 2. The summed E-state index contributed by atoms with van der Waals surface area (Å²) in [6.45, 7) is 0.917. The normalized spacial score (nSPS) is 15.8. The van der Waals surface area contributed by atoms with Crippen LogP contribution in [0.3, 0.4) is 0 Å². The molecule has 1 atom stereocenters. The number of benzene rings is 1. The van der Waals surface area contributed by atoms with Crippen molar-refractivity contribution >= 4 is 0 Å². The van der Waals surface area contributed by atoms with Gasteiger partial charge in [-0.3, -0.25) is 0 Å². The third kappa shape index (κ3) is 3.58. The van der Waals surface area contributed by atoms with E-state index in [0.29, 0.717) is 0 Å². The number of ether oxygens (including phenoxy) is 1. The highest BCUT2D eigenvalue weighted by Gasteiger charge is 2.74. The molecule has 0 fully saturated rings. The van der Waals surface area contributed by atoms with Gasteiger partial charge in [0.1, 0.15) is 0 Å². The Morgan fingerprint density at radius 1 is 0.957 bits per heavy atom. The van der Waals surface area contributed by atoms with Crippen LogP contribution in [-0.2, 0) is 10.3 Å². The Kier molecular flexibility index (Phi) is 5.01. The third-order valence-electron chi connectivity index (χ3n) is 3.55. The Hall–Kier alpha value is -1.82. The van der Waals surface area contributed by atoms with Crippen LogP contribution < -0.4 is 0 Å². The molecule has 1 rings (SSSR count). The molecular formula is C14H12F7NO. The molecule has 1 aromatic rings. The molecule has 0 saturated carbocycles. The largest absolute Gasteiger partial charge is 0.431 e. The lowest BCUT2D eigenvalue weighted by Crippen LogP contribution is -2.56. The summed E-state index contributed by atoms with van der Waals surface area (Å²) in [5.74, 6) is 0. The number of alkyl halides is 7. The maximum absolute atomic E-state index is 13.9. The van der Waals surface area contributed by atoms with E-state index < -0.39 is 30.0 Å². The van der Waals surface area contributed by atoms with Gasteiger partial charge in [-0.15, -0.1) is 0 Å². The molecule has 0 bridgehead atoms. The summed E-state index contributed by atoms with van der Waals surface area (Å²) in [6.07, 6.45) is -14.3. The van der Waals surface area contributed by atoms with Crippen LogP contribution in [0.5, 0.6) is 0 Å². The molecule has 0 aliphatic heterocycles. The second-order valence-corrected chi connectivity index (χ2v) is 5.10. The number of hydrogen-bond donors (Lipinski definition) is 0. The van der Waals surface area contributed by atoms with Crippen molar-refractivity contribution in [1.29, 1.82) is 5.26 Å². The molecular weight excluding hydrogens is 331 g/mol. The fourth-order valence-corrected chi connectivity index (χ4v) is 2.02. The van der Waals surface area contributed by atoms with Crippen molar-refractivity contribution in [3.63, 3.8) is 0 Å². The molecule has 0 spiro atoms. The van der Waals surface area contributed by atoms with E-state index in [0.717, 1.165) is 26.2 Å². The predicted molar refractivity (Wildman–Crippen MR) is 66.1 cm³/mol. The maximum Gasteiger partial charge on any atom is 0.431 e. The highest BCUT2D eigenvalue weighted by atomic mass is 19.4. The van der Waals surface area contributed by atoms with Gasteiger partial charge in [0.2, 0.25) is 0 Å². The molecule has 0 aromatic heterocycles. The van der Waals surface area contributed by atoms with E-state index in [1.165, 1.54) is 12.1 Å². The van der Waals surface area contributed by atoms with Crippen molar-refractivity contribution in [3.8, 4) is 6.07 Å². The fraction of sp³-hybridized carbons (Fsp3) is 0.500. The van der Waals surface area contributed by atoms with Crippen LogP contribution >= 0.6 is 0 Å². The number of methoxy groups -OCH3 is 1. The smallest absolute Gasteiger partial charge is 0.374 e. The molecule has 23 heavy (non-hydrogen) atoms. The van der Waals surface area contributed by atoms with Crippen LogP contribution in [-0.4, -0.2) is 25.1 Å². The molecule has 0 aliphatic carbocycles. The lowest BCUT2D eigenvalue weighted by Gasteiger charge is -2.38. The number of nitriles is 1. The first-order valence-corrected chi connectivity index (χ1v) is 6.19. The lowest BCUT2D eigenvalue weighted by molar-refractivity contribution is -0.353. The standard InChI is InChI=1S/C14H12F7NO/c1-11(23-2,10-5-3-9(7-22)4-6-10)8-12(15,13(16,17)18)14(19,20)21/h3-6H,8H2,1-2H3. The molecule has 9 heteroatoms. The summed E-state index contributed by atoms with van der Waals surface area (Å²) < 4.78 is 94.9. The quantitative estimate of drug-likeness (QED) is 0.746. The Balaban J connectivity index is 3.34. The molecule has 0 amide bonds. The van der Waals surface area contributed by atoms with Gasteiger partial charge in [0.25, 0.3) is 0 Å². The molecule has 128 valence electrons. The Bertz CT molecular complexity index is 571. The molecule has 1 aromatic carbocycles. The summed E-state index contributed by atoms with van der Waals surface area (Å²) in [7, 11) is 0.880. The first kappa shape index (κ1) is 19.2. The summed E-state index contributed by atoms with van der Waals surface area (Å²) in [4.78, 5) is 0. The van der Waals surface area contributed by atoms with Gasteiger partial charge in [-0.05, 0) is 24.6 Å². The zero-order valence-corrected chi connectivity index (χ0v) is 12.0. The molecule has 1 unspecified atom stereocenters. The minimum absolute atomic E-state index is 0.116. The van der Waals surface area contributed by atoms with E-state index in [2.05, 4.69) is 0 Å². The predicted octanol–water partition coefficient (Wildman–Crippen LogP) is 4.64. The van der Waals surface area contributed by atoms with Crippen molar-refractivity contribution in [1.82, 2.24) is 0 Å². The first-order chi connectivity index (χ1) is 10.3. The maximum atomic E-state index is 13.9. The van der Waals surface area contributed by atoms with E-state index in [1.807, 2.05) is 0 Å². The zero-order chi connectivity index (χ0) is 18.1. The highest BCUT2D eigenvalue weighted by Crippen LogP contribution is 2.52. The van der Waals surface area contributed by atoms with Crippen molar-refractivity contribution in [2.24, 2.45) is 0 Å². The van der Waals surface area contributed by atoms with Crippen molar-refractivity contribution in [2.75, 3.05) is 7.11 Å². The highest BCUT2D eigenvalue weighted by molar-refractivity contribution is 5.34. The topological polar surface area (TPSA) is 33.0 Å². The second kappa shape index (κ2) is 6.00. The van der Waals surface area contributed by atoms with Gasteiger partial charge in [0.05, 0.1) is 17.2 Å². The van der Waals surface area contributed by atoms with Gasteiger partial charge in [-0.25, -0.2) is 4.39 Å². The molecule has 0 saturated heterocycles. The van der Waals surface area contributed by atoms with E-state index >= 15 is 0 Å². The molecule has 2 nitrogen and oxygen atoms in total. The van der Waals surface area contributed by atoms with Crippen molar-refractivity contribution < 1.29 is 35.5 Å². The van der Waals surface area contributed by atoms with Gasteiger partial charge in [-0.1, -0.05) is 12.1 Å². The average Bonchev–Trinajstić information content (AvgIpc) is 2.44. The Labute approximate surface area is 127 Å². The van der Waals surface area contributed by atoms with Gasteiger partial charge in [-0.2, -0.15) is 31.6 Å². The summed E-state index contributed by atoms with van der Waals surface area (Å²) in [5, 5.41) is 8.65. The van der Waals surface area contributed by atoms with Crippen molar-refractivity contribution in [3.05, 3.63) is 35.4 Å². The summed E-state index contributed by atoms with van der Waals surface area (Å²) in [5.41, 5.74) is -7.60. The van der Waals surface area contributed by atoms with Gasteiger partial charge in [0.15, 0.2) is 0 Å². The van der Waals surface area contributed by atoms with Gasteiger partial charge in [0, 0.05) is 13.5 Å². The average molecular weight is 343 g/mol. The summed E-state index contributed by atoms with van der Waals surface area (Å²) in [6, 6.07) is 6.36. The monoisotopic (exact) mass is 343 g/mol. The van der Waals surface area contributed by atoms with Crippen LogP contribution in [0.15, 0.2) is 24.3 Å². The summed E-state index contributed by atoms with van der Waals surface area (Å²) >= 11 is 0. The molecule has 0 heterocycles. The minimum Gasteiger partial charge on any atom is -0.374 e. The number of rotatable bonds is 4. The Morgan fingerprint density at radius 3 is 1.70 bits per heavy atom. The fourth-order valence-electron chi connectivity index (χ4n) is 2.02. The van der Waals surface area contributed by atoms with E-state index in [9.17, 15) is 30.7 Å². The number of halogens is 7. The Morgan fingerprint density at radius 2 is 1.39 bits per heavy atom. The molecule has 0 N–H and O–H groups in total. The number of nitrogens with zero attached hydrogens (tertiary/aromatic N) is 1. The lowest BCUT2D eigenvalue weighted by atomic mass is 9.83. The second-order valence-electron chi connectivity index (χ2n) is 5.10. The van der Waals surface area contributed by atoms with E-state index in [1.54, 1.807) is 6.07 Å². The van der Waals surface area contributed by atoms with Crippen LogP contribution in [0.1, 0.15) is 24.5 Å². The van der Waals surface area contributed by atoms with Crippen LogP contribution in [0.2, 0.25) is 0 Å². The minimum atomic E-state index is -6.16. The third-order valence-corrected chi connectivity index (χ3v) is 3.55. The van der Waals surface area contributed by atoms with E-state index in [-0.39, 0.29) is 11.1 Å². The SMILES string of the molecule is COC(C)(CC(F)(C(F)(F)F)C(F)(F)F)c1ccc(C#N)cc1. The van der Waals surface area contributed by atoms with Crippen LogP contribution in [0.4, 0.5) is 30.7 Å². The van der Waals surface area contributed by atoms with Crippen molar-refractivity contribution in [2.45, 2.75) is 37.0 Å². The first-order valence-electron chi connectivity index (χ1n) is 6.19. The van der Waals surface area contributed by atoms with Gasteiger partial charge >= 0.3 is 18.0 Å². The van der Waals surface area contributed by atoms with Gasteiger partial charge < -0.3 is 4.74 Å². The van der Waals surface area contributed by atoms with Crippen LogP contribution in [0, 0.1) is 11.3 Å². The molecule has 0 radical (unpaired) electrons. The zero-order valence-electron chi connectivity index (χ0n) is 12.0. The molecule has 0 aliphatic rings. The van der Waals surface area contributed by atoms with E-state index in [4.69, 9.17) is 10.00 Å². The van der Waals surface area contributed by atoms with Crippen LogP contribution in [0.25, 0.3) is 0 Å².